The minimum Gasteiger partial charge on any atom is -0.370 e. The Morgan fingerprint density at radius 3 is 2.84 bits per heavy atom. The molecule has 0 bridgehead atoms. The Morgan fingerprint density at radius 2 is 2.20 bits per heavy atom. The molecule has 5 nitrogen and oxygen atoms in total. The molecule has 1 atom stereocenters. The Kier molecular flexibility index (Phi) is 6.45. The second-order valence-corrected chi connectivity index (χ2v) is 7.78. The monoisotopic (exact) mass is 344 g/mol. The number of aryl methyl sites for hydroxylation is 1. The minimum absolute atomic E-state index is 0.00434. The summed E-state index contributed by atoms with van der Waals surface area (Å²) < 4.78 is 0. The Labute approximate surface area is 151 Å². The third kappa shape index (κ3) is 5.48. The van der Waals surface area contributed by atoms with Gasteiger partial charge in [-0.15, -0.1) is 0 Å². The predicted octanol–water partition coefficient (Wildman–Crippen LogP) is 2.44. The van der Waals surface area contributed by atoms with Crippen molar-refractivity contribution in [2.24, 2.45) is 16.6 Å². The lowest BCUT2D eigenvalue weighted by atomic mass is 9.84. The number of nitrogens with two attached hydrogens (primary N) is 1. The van der Waals surface area contributed by atoms with E-state index in [1.807, 2.05) is 7.05 Å². The van der Waals surface area contributed by atoms with E-state index in [9.17, 15) is 4.79 Å². The highest BCUT2D eigenvalue weighted by molar-refractivity contribution is 5.80. The molecule has 1 unspecified atom stereocenters. The first-order valence-corrected chi connectivity index (χ1v) is 9.13. The van der Waals surface area contributed by atoms with Gasteiger partial charge in [-0.1, -0.05) is 43.7 Å². The van der Waals surface area contributed by atoms with Gasteiger partial charge in [0.2, 0.25) is 5.91 Å². The predicted molar refractivity (Wildman–Crippen MR) is 104 cm³/mol. The van der Waals surface area contributed by atoms with Crippen LogP contribution in [0.25, 0.3) is 0 Å². The van der Waals surface area contributed by atoms with Crippen molar-refractivity contribution in [2.75, 3.05) is 26.7 Å². The number of carbonyl (C=O) groups is 1. The topological polar surface area (TPSA) is 70.7 Å². The highest BCUT2D eigenvalue weighted by Gasteiger charge is 2.26. The fraction of sp³-hybridized carbons (Fsp3) is 0.600. The SMILES string of the molecule is CN=C(NCC(C)(C)c1cccc(C)c1)N1CCCC(CC(N)=O)C1. The van der Waals surface area contributed by atoms with Crippen molar-refractivity contribution in [1.82, 2.24) is 10.2 Å². The zero-order chi connectivity index (χ0) is 18.4. The van der Waals surface area contributed by atoms with Crippen LogP contribution in [0.3, 0.4) is 0 Å². The third-order valence-electron chi connectivity index (χ3n) is 5.01. The van der Waals surface area contributed by atoms with Crippen LogP contribution in [0.2, 0.25) is 0 Å². The Morgan fingerprint density at radius 1 is 1.44 bits per heavy atom. The summed E-state index contributed by atoms with van der Waals surface area (Å²) in [6.07, 6.45) is 2.59. The average molecular weight is 345 g/mol. The van der Waals surface area contributed by atoms with Gasteiger partial charge in [-0.25, -0.2) is 0 Å². The summed E-state index contributed by atoms with van der Waals surface area (Å²) in [4.78, 5) is 17.9. The molecule has 0 aromatic heterocycles. The number of amides is 1. The van der Waals surface area contributed by atoms with Crippen LogP contribution in [-0.2, 0) is 10.2 Å². The van der Waals surface area contributed by atoms with Gasteiger partial charge in [-0.2, -0.15) is 0 Å². The Balaban J connectivity index is 1.98. The average Bonchev–Trinajstić information content (AvgIpc) is 2.55. The normalized spacial score (nSPS) is 19.0. The van der Waals surface area contributed by atoms with Crippen molar-refractivity contribution in [2.45, 2.75) is 45.4 Å². The zero-order valence-electron chi connectivity index (χ0n) is 16.0. The first-order chi connectivity index (χ1) is 11.8. The molecule has 138 valence electrons. The highest BCUT2D eigenvalue weighted by atomic mass is 16.1. The largest absolute Gasteiger partial charge is 0.370 e. The molecule has 5 heteroatoms. The maximum atomic E-state index is 11.2. The number of primary amides is 1. The molecule has 1 saturated heterocycles. The van der Waals surface area contributed by atoms with Crippen LogP contribution < -0.4 is 11.1 Å². The first-order valence-electron chi connectivity index (χ1n) is 9.13. The number of nitrogens with one attached hydrogen (secondary N) is 1. The van der Waals surface area contributed by atoms with Crippen LogP contribution in [0, 0.1) is 12.8 Å². The summed E-state index contributed by atoms with van der Waals surface area (Å²) in [6.45, 7) is 9.23. The molecule has 1 aliphatic heterocycles. The van der Waals surface area contributed by atoms with Gasteiger partial charge in [0.25, 0.3) is 0 Å². The van der Waals surface area contributed by atoms with Crippen LogP contribution in [-0.4, -0.2) is 43.4 Å². The zero-order valence-corrected chi connectivity index (χ0v) is 16.0. The molecule has 25 heavy (non-hydrogen) atoms. The summed E-state index contributed by atoms with van der Waals surface area (Å²) in [5, 5.41) is 3.53. The highest BCUT2D eigenvalue weighted by Crippen LogP contribution is 2.24. The summed E-state index contributed by atoms with van der Waals surface area (Å²) >= 11 is 0. The Hall–Kier alpha value is -2.04. The molecule has 1 aromatic rings. The van der Waals surface area contributed by atoms with E-state index < -0.39 is 0 Å². The summed E-state index contributed by atoms with van der Waals surface area (Å²) in [7, 11) is 1.82. The van der Waals surface area contributed by atoms with E-state index >= 15 is 0 Å². The fourth-order valence-corrected chi connectivity index (χ4v) is 3.51. The molecular weight excluding hydrogens is 312 g/mol. The van der Waals surface area contributed by atoms with E-state index in [4.69, 9.17) is 5.73 Å². The van der Waals surface area contributed by atoms with Gasteiger partial charge in [0, 0.05) is 38.5 Å². The second-order valence-electron chi connectivity index (χ2n) is 7.78. The molecule has 0 radical (unpaired) electrons. The number of hydrogen-bond acceptors (Lipinski definition) is 2. The number of aliphatic imine (C=N–C) groups is 1. The van der Waals surface area contributed by atoms with E-state index in [0.29, 0.717) is 12.3 Å². The van der Waals surface area contributed by atoms with Crippen molar-refractivity contribution in [3.05, 3.63) is 35.4 Å². The minimum atomic E-state index is -0.213. The summed E-state index contributed by atoms with van der Waals surface area (Å²) in [6, 6.07) is 8.66. The molecular formula is C20H32N4O. The molecule has 2 rings (SSSR count). The number of carbonyl (C=O) groups excluding carboxylic acids is 1. The first kappa shape index (κ1) is 19.3. The molecule has 1 heterocycles. The van der Waals surface area contributed by atoms with E-state index in [1.165, 1.54) is 11.1 Å². The molecule has 1 amide bonds. The number of rotatable bonds is 5. The van der Waals surface area contributed by atoms with Crippen LogP contribution in [0.4, 0.5) is 0 Å². The lowest BCUT2D eigenvalue weighted by Gasteiger charge is -2.36. The van der Waals surface area contributed by atoms with Crippen LogP contribution >= 0.6 is 0 Å². The lowest BCUT2D eigenvalue weighted by Crippen LogP contribution is -2.49. The molecule has 1 aromatic carbocycles. The summed E-state index contributed by atoms with van der Waals surface area (Å²) in [5.74, 6) is 1.03. The molecule has 3 N–H and O–H groups in total. The smallest absolute Gasteiger partial charge is 0.217 e. The maximum Gasteiger partial charge on any atom is 0.217 e. The van der Waals surface area contributed by atoms with Gasteiger partial charge in [0.05, 0.1) is 0 Å². The van der Waals surface area contributed by atoms with Gasteiger partial charge >= 0.3 is 0 Å². The standard InChI is InChI=1S/C20H32N4O/c1-15-7-5-9-17(11-15)20(2,3)14-23-19(22-4)24-10-6-8-16(13-24)12-18(21)25/h5,7,9,11,16H,6,8,10,12-14H2,1-4H3,(H2,21,25)(H,22,23). The van der Waals surface area contributed by atoms with Gasteiger partial charge < -0.3 is 16.0 Å². The van der Waals surface area contributed by atoms with E-state index in [2.05, 4.69) is 60.2 Å². The van der Waals surface area contributed by atoms with Gasteiger partial charge in [0.1, 0.15) is 0 Å². The van der Waals surface area contributed by atoms with Crippen LogP contribution in [0.1, 0.15) is 44.2 Å². The number of likely N-dealkylation sites (tertiary alicyclic amines) is 1. The number of hydrogen-bond donors (Lipinski definition) is 2. The Bertz CT molecular complexity index is 624. The quantitative estimate of drug-likeness (QED) is 0.637. The molecule has 0 saturated carbocycles. The van der Waals surface area contributed by atoms with E-state index in [1.54, 1.807) is 0 Å². The fourth-order valence-electron chi connectivity index (χ4n) is 3.51. The van der Waals surface area contributed by atoms with Crippen LogP contribution in [0.5, 0.6) is 0 Å². The number of guanidine groups is 1. The van der Waals surface area contributed by atoms with Gasteiger partial charge in [-0.3, -0.25) is 9.79 Å². The number of piperidine rings is 1. The van der Waals surface area contributed by atoms with Crippen molar-refractivity contribution in [3.8, 4) is 0 Å². The van der Waals surface area contributed by atoms with Crippen molar-refractivity contribution in [3.63, 3.8) is 0 Å². The summed E-state index contributed by atoms with van der Waals surface area (Å²) in [5.41, 5.74) is 7.97. The lowest BCUT2D eigenvalue weighted by molar-refractivity contribution is -0.119. The van der Waals surface area contributed by atoms with Crippen molar-refractivity contribution >= 4 is 11.9 Å². The third-order valence-corrected chi connectivity index (χ3v) is 5.01. The maximum absolute atomic E-state index is 11.2. The van der Waals surface area contributed by atoms with Crippen LogP contribution in [0.15, 0.2) is 29.3 Å². The number of nitrogens with zero attached hydrogens (tertiary/aromatic N) is 2. The van der Waals surface area contributed by atoms with Crippen molar-refractivity contribution in [1.29, 1.82) is 0 Å². The number of benzene rings is 1. The molecule has 0 spiro atoms. The molecule has 1 fully saturated rings. The second kappa shape index (κ2) is 8.37. The van der Waals surface area contributed by atoms with Crippen molar-refractivity contribution < 1.29 is 4.79 Å². The molecule has 0 aliphatic carbocycles. The van der Waals surface area contributed by atoms with Gasteiger partial charge in [0.15, 0.2) is 5.96 Å². The van der Waals surface area contributed by atoms with Gasteiger partial charge in [-0.05, 0) is 31.2 Å². The molecule has 1 aliphatic rings. The van der Waals surface area contributed by atoms with E-state index in [0.717, 1.165) is 38.4 Å². The van der Waals surface area contributed by atoms with E-state index in [-0.39, 0.29) is 11.3 Å².